The molecule has 250 valence electrons. The molecule has 0 bridgehead atoms. The molecule has 3 aliphatic rings. The molecule has 3 amide bonds. The number of fused-ring (bicyclic) bond motifs is 3. The Bertz CT molecular complexity index is 1980. The summed E-state index contributed by atoms with van der Waals surface area (Å²) < 4.78 is 0. The Kier molecular flexibility index (Phi) is 8.88. The van der Waals surface area contributed by atoms with Crippen molar-refractivity contribution in [2.75, 3.05) is 16.4 Å². The van der Waals surface area contributed by atoms with Crippen molar-refractivity contribution in [3.63, 3.8) is 0 Å². The lowest BCUT2D eigenvalue weighted by atomic mass is 9.83. The van der Waals surface area contributed by atoms with Crippen LogP contribution in [-0.4, -0.2) is 45.5 Å². The number of hydrogen-bond donors (Lipinski definition) is 2. The largest absolute Gasteiger partial charge is 0.394 e. The second kappa shape index (κ2) is 13.3. The topological polar surface area (TPSA) is 101 Å². The molecule has 0 fully saturated rings. The first kappa shape index (κ1) is 32.8. The van der Waals surface area contributed by atoms with Gasteiger partial charge < -0.3 is 20.0 Å². The zero-order valence-electron chi connectivity index (χ0n) is 27.3. The molecule has 0 aromatic heterocycles. The number of aryl methyl sites for hydroxylation is 1. The Morgan fingerprint density at radius 2 is 1.69 bits per heavy atom. The van der Waals surface area contributed by atoms with Crippen molar-refractivity contribution in [3.05, 3.63) is 136 Å². The highest BCUT2D eigenvalue weighted by Gasteiger charge is 2.52. The van der Waals surface area contributed by atoms with E-state index in [4.69, 9.17) is 11.6 Å². The van der Waals surface area contributed by atoms with Gasteiger partial charge in [0.05, 0.1) is 30.6 Å². The zero-order chi connectivity index (χ0) is 34.3. The van der Waals surface area contributed by atoms with Gasteiger partial charge in [-0.25, -0.2) is 0 Å². The van der Waals surface area contributed by atoms with Crippen LogP contribution in [0.3, 0.4) is 0 Å². The lowest BCUT2D eigenvalue weighted by molar-refractivity contribution is -0.139. The number of benzene rings is 4. The van der Waals surface area contributed by atoms with Crippen LogP contribution in [0.1, 0.15) is 47.6 Å². The molecule has 0 saturated heterocycles. The van der Waals surface area contributed by atoms with Crippen LogP contribution in [-0.2, 0) is 45.9 Å². The van der Waals surface area contributed by atoms with Crippen LogP contribution < -0.4 is 9.80 Å². The second-order valence-electron chi connectivity index (χ2n) is 13.1. The quantitative estimate of drug-likeness (QED) is 0.216. The number of carbonyl (C=O) groups excluding carboxylic acids is 3. The highest BCUT2D eigenvalue weighted by atomic mass is 35.5. The van der Waals surface area contributed by atoms with Gasteiger partial charge in [0.15, 0.2) is 5.60 Å². The molecule has 0 spiro atoms. The fourth-order valence-electron chi connectivity index (χ4n) is 7.44. The molecule has 0 unspecified atom stereocenters. The average Bonchev–Trinajstić information content (AvgIpc) is 3.32. The van der Waals surface area contributed by atoms with E-state index in [1.807, 2.05) is 72.8 Å². The minimum absolute atomic E-state index is 0.0125. The Hall–Kier alpha value is -4.76. The molecule has 0 radical (unpaired) electrons. The van der Waals surface area contributed by atoms with Gasteiger partial charge in [0, 0.05) is 41.6 Å². The maximum atomic E-state index is 14.2. The Balaban J connectivity index is 1.11. The highest BCUT2D eigenvalue weighted by Crippen LogP contribution is 2.47. The maximum absolute atomic E-state index is 14.2. The van der Waals surface area contributed by atoms with E-state index >= 15 is 0 Å². The summed E-state index contributed by atoms with van der Waals surface area (Å²) in [5.41, 5.74) is 4.71. The van der Waals surface area contributed by atoms with E-state index in [0.717, 1.165) is 33.6 Å². The molecule has 2 N–H and O–H groups in total. The van der Waals surface area contributed by atoms with Gasteiger partial charge in [0.25, 0.3) is 5.91 Å². The van der Waals surface area contributed by atoms with Crippen LogP contribution in [0.5, 0.6) is 0 Å². The maximum Gasteiger partial charge on any atom is 0.264 e. The van der Waals surface area contributed by atoms with Gasteiger partial charge in [-0.1, -0.05) is 85.3 Å². The molecule has 8 nitrogen and oxygen atoms in total. The Labute approximate surface area is 290 Å². The van der Waals surface area contributed by atoms with E-state index in [0.29, 0.717) is 42.1 Å². The standard InChI is InChI=1S/C40H38ClN3O5/c1-26(8-6-15-37(46)42-24-30-12-3-2-11-29(30)21-33(42)25-45)40(49)34-22-31(41)17-18-36(34)43(39(40)48)23-27-9-7-13-32(20-27)44-35-14-5-4-10-28(35)16-19-38(44)47/h2-14,17-18,20,22,26,33,45,49H,15-16,19,21,23-25H2,1H3/b8-6+/t26-,33-,40+/m0/s1. The summed E-state index contributed by atoms with van der Waals surface area (Å²) in [5.74, 6) is -1.31. The summed E-state index contributed by atoms with van der Waals surface area (Å²) in [6.45, 7) is 2.21. The van der Waals surface area contributed by atoms with E-state index in [2.05, 4.69) is 0 Å². The van der Waals surface area contributed by atoms with E-state index in [-0.39, 0.29) is 37.4 Å². The fraction of sp³-hybridized carbons (Fsp3) is 0.275. The van der Waals surface area contributed by atoms with Gasteiger partial charge in [0.1, 0.15) is 0 Å². The smallest absolute Gasteiger partial charge is 0.264 e. The van der Waals surface area contributed by atoms with E-state index in [1.165, 1.54) is 0 Å². The van der Waals surface area contributed by atoms with Crippen molar-refractivity contribution in [1.82, 2.24) is 4.90 Å². The van der Waals surface area contributed by atoms with Gasteiger partial charge in [-0.15, -0.1) is 0 Å². The van der Waals surface area contributed by atoms with Crippen LogP contribution in [0.4, 0.5) is 17.1 Å². The summed E-state index contributed by atoms with van der Waals surface area (Å²) in [6, 6.07) is 28.1. The van der Waals surface area contributed by atoms with Crippen molar-refractivity contribution in [2.24, 2.45) is 5.92 Å². The van der Waals surface area contributed by atoms with Gasteiger partial charge in [0.2, 0.25) is 11.8 Å². The van der Waals surface area contributed by atoms with Gasteiger partial charge in [-0.2, -0.15) is 0 Å². The van der Waals surface area contributed by atoms with Crippen molar-refractivity contribution in [2.45, 2.75) is 57.3 Å². The summed E-state index contributed by atoms with van der Waals surface area (Å²) in [5, 5.41) is 22.6. The molecule has 3 aliphatic heterocycles. The summed E-state index contributed by atoms with van der Waals surface area (Å²) in [6.07, 6.45) is 5.16. The van der Waals surface area contributed by atoms with Gasteiger partial charge >= 0.3 is 0 Å². The molecule has 3 atom stereocenters. The van der Waals surface area contributed by atoms with Crippen LogP contribution in [0.15, 0.2) is 103 Å². The van der Waals surface area contributed by atoms with Crippen LogP contribution >= 0.6 is 11.6 Å². The van der Waals surface area contributed by atoms with Crippen molar-refractivity contribution in [3.8, 4) is 0 Å². The molecule has 7 rings (SSSR count). The number of carbonyl (C=O) groups is 3. The molecular formula is C40H38ClN3O5. The third-order valence-electron chi connectivity index (χ3n) is 10.1. The number of aliphatic hydroxyl groups is 2. The predicted molar refractivity (Wildman–Crippen MR) is 189 cm³/mol. The summed E-state index contributed by atoms with van der Waals surface area (Å²) >= 11 is 6.40. The number of rotatable bonds is 8. The van der Waals surface area contributed by atoms with Crippen molar-refractivity contribution < 1.29 is 24.6 Å². The molecule has 9 heteroatoms. The molecule has 49 heavy (non-hydrogen) atoms. The van der Waals surface area contributed by atoms with E-state index < -0.39 is 17.4 Å². The molecule has 3 heterocycles. The summed E-state index contributed by atoms with van der Waals surface area (Å²) in [4.78, 5) is 45.6. The molecule has 4 aromatic carbocycles. The number of aliphatic hydroxyl groups excluding tert-OH is 1. The number of amides is 3. The van der Waals surface area contributed by atoms with Crippen LogP contribution in [0.2, 0.25) is 5.02 Å². The first-order chi connectivity index (χ1) is 23.7. The number of para-hydroxylation sites is 1. The first-order valence-corrected chi connectivity index (χ1v) is 17.0. The van der Waals surface area contributed by atoms with Crippen molar-refractivity contribution >= 4 is 46.4 Å². The number of anilines is 3. The lowest BCUT2D eigenvalue weighted by Gasteiger charge is -2.36. The fourth-order valence-corrected chi connectivity index (χ4v) is 7.61. The highest BCUT2D eigenvalue weighted by molar-refractivity contribution is 6.31. The first-order valence-electron chi connectivity index (χ1n) is 16.7. The molecule has 0 aliphatic carbocycles. The average molecular weight is 676 g/mol. The van der Waals surface area contributed by atoms with E-state index in [9.17, 15) is 24.6 Å². The summed E-state index contributed by atoms with van der Waals surface area (Å²) in [7, 11) is 0. The minimum Gasteiger partial charge on any atom is -0.394 e. The Morgan fingerprint density at radius 1 is 0.939 bits per heavy atom. The lowest BCUT2D eigenvalue weighted by Crippen LogP contribution is -2.46. The normalized spacial score (nSPS) is 20.7. The zero-order valence-corrected chi connectivity index (χ0v) is 28.0. The third-order valence-corrected chi connectivity index (χ3v) is 10.3. The number of halogens is 1. The molecular weight excluding hydrogens is 638 g/mol. The van der Waals surface area contributed by atoms with Crippen LogP contribution in [0, 0.1) is 5.92 Å². The second-order valence-corrected chi connectivity index (χ2v) is 13.5. The molecule has 4 aromatic rings. The molecule has 0 saturated carbocycles. The monoisotopic (exact) mass is 675 g/mol. The Morgan fingerprint density at radius 3 is 2.49 bits per heavy atom. The van der Waals surface area contributed by atoms with Crippen molar-refractivity contribution in [1.29, 1.82) is 0 Å². The minimum atomic E-state index is -1.92. The SMILES string of the molecule is C[C@@H](/C=C/CC(=O)N1Cc2ccccc2C[C@H]1CO)[C@]1(O)C(=O)N(Cc2cccc(N3C(=O)CCc4ccccc43)c2)c2ccc(Cl)cc21. The van der Waals surface area contributed by atoms with Crippen LogP contribution in [0.25, 0.3) is 0 Å². The van der Waals surface area contributed by atoms with E-state index in [1.54, 1.807) is 52.0 Å². The number of nitrogens with zero attached hydrogens (tertiary/aromatic N) is 3. The number of hydrogen-bond acceptors (Lipinski definition) is 5. The third kappa shape index (κ3) is 5.94. The predicted octanol–water partition coefficient (Wildman–Crippen LogP) is 6.21. The van der Waals surface area contributed by atoms with Gasteiger partial charge in [-0.05, 0) is 71.5 Å². The van der Waals surface area contributed by atoms with Gasteiger partial charge in [-0.3, -0.25) is 19.3 Å².